The second-order valence-corrected chi connectivity index (χ2v) is 7.74. The fourth-order valence-corrected chi connectivity index (χ4v) is 5.33. The monoisotopic (exact) mass is 293 g/mol. The highest BCUT2D eigenvalue weighted by Gasteiger charge is 2.34. The summed E-state index contributed by atoms with van der Waals surface area (Å²) in [6.45, 7) is 2.52. The summed E-state index contributed by atoms with van der Waals surface area (Å²) in [5.41, 5.74) is 2.38. The molecule has 1 aliphatic heterocycles. The van der Waals surface area contributed by atoms with Gasteiger partial charge >= 0.3 is 0 Å². The Morgan fingerprint density at radius 1 is 1.21 bits per heavy atom. The molecule has 0 radical (unpaired) electrons. The van der Waals surface area contributed by atoms with Gasteiger partial charge in [0.15, 0.2) is 0 Å². The van der Waals surface area contributed by atoms with E-state index in [4.69, 9.17) is 0 Å². The smallest absolute Gasteiger partial charge is 0.206 e. The van der Waals surface area contributed by atoms with Gasteiger partial charge in [-0.05, 0) is 35.9 Å². The van der Waals surface area contributed by atoms with E-state index in [2.05, 4.69) is 6.07 Å². The molecule has 1 atom stereocenters. The van der Waals surface area contributed by atoms with Gasteiger partial charge in [-0.25, -0.2) is 8.42 Å². The molecule has 0 N–H and O–H groups in total. The van der Waals surface area contributed by atoms with Gasteiger partial charge in [-0.1, -0.05) is 30.3 Å². The summed E-state index contributed by atoms with van der Waals surface area (Å²) >= 11 is 1.28. The van der Waals surface area contributed by atoms with Crippen LogP contribution in [-0.2, 0) is 16.4 Å². The van der Waals surface area contributed by atoms with Crippen molar-refractivity contribution in [3.8, 4) is 0 Å². The number of hydrogen-bond acceptors (Lipinski definition) is 3. The third-order valence-electron chi connectivity index (χ3n) is 3.60. The van der Waals surface area contributed by atoms with E-state index < -0.39 is 10.0 Å². The summed E-state index contributed by atoms with van der Waals surface area (Å²) in [5.74, 6) is 0. The van der Waals surface area contributed by atoms with Crippen molar-refractivity contribution in [3.05, 3.63) is 52.9 Å². The van der Waals surface area contributed by atoms with Crippen molar-refractivity contribution in [2.75, 3.05) is 6.54 Å². The van der Waals surface area contributed by atoms with Gasteiger partial charge in [-0.2, -0.15) is 4.31 Å². The molecule has 0 spiro atoms. The van der Waals surface area contributed by atoms with E-state index in [1.54, 1.807) is 21.8 Å². The van der Waals surface area contributed by atoms with Gasteiger partial charge in [0.2, 0.25) is 0 Å². The third-order valence-corrected chi connectivity index (χ3v) is 6.94. The molecule has 0 aliphatic carbocycles. The van der Waals surface area contributed by atoms with Crippen LogP contribution in [0.15, 0.2) is 46.0 Å². The van der Waals surface area contributed by atoms with Crippen LogP contribution < -0.4 is 0 Å². The Balaban J connectivity index is 2.01. The van der Waals surface area contributed by atoms with Crippen molar-refractivity contribution in [1.82, 2.24) is 4.31 Å². The summed E-state index contributed by atoms with van der Waals surface area (Å²) in [4.78, 5) is 0. The highest BCUT2D eigenvalue weighted by molar-refractivity contribution is 7.91. The lowest BCUT2D eigenvalue weighted by molar-refractivity contribution is 0.327. The van der Waals surface area contributed by atoms with E-state index in [0.29, 0.717) is 10.8 Å². The molecule has 0 saturated heterocycles. The van der Waals surface area contributed by atoms with E-state index in [1.807, 2.05) is 25.1 Å². The maximum Gasteiger partial charge on any atom is 0.253 e. The van der Waals surface area contributed by atoms with Crippen LogP contribution in [0.2, 0.25) is 0 Å². The van der Waals surface area contributed by atoms with E-state index in [1.165, 1.54) is 16.9 Å². The second-order valence-electron chi connectivity index (χ2n) is 4.67. The van der Waals surface area contributed by atoms with Crippen molar-refractivity contribution in [2.24, 2.45) is 0 Å². The molecular weight excluding hydrogens is 278 g/mol. The molecule has 3 nitrogen and oxygen atoms in total. The minimum atomic E-state index is -3.36. The van der Waals surface area contributed by atoms with Crippen molar-refractivity contribution >= 4 is 21.4 Å². The molecule has 1 aromatic carbocycles. The zero-order valence-corrected chi connectivity index (χ0v) is 12.2. The average Bonchev–Trinajstić information content (AvgIpc) is 2.94. The molecule has 1 aliphatic rings. The SMILES string of the molecule is CC1c2ccccc2CCN1S(=O)(=O)c1cccs1. The normalized spacial score (nSPS) is 20.2. The molecule has 5 heteroatoms. The highest BCUT2D eigenvalue weighted by atomic mass is 32.2. The number of fused-ring (bicyclic) bond motifs is 1. The van der Waals surface area contributed by atoms with E-state index >= 15 is 0 Å². The van der Waals surface area contributed by atoms with Gasteiger partial charge < -0.3 is 0 Å². The van der Waals surface area contributed by atoms with Crippen LogP contribution in [0.25, 0.3) is 0 Å². The van der Waals surface area contributed by atoms with Crippen LogP contribution in [0.3, 0.4) is 0 Å². The molecule has 2 heterocycles. The van der Waals surface area contributed by atoms with Gasteiger partial charge in [0.1, 0.15) is 4.21 Å². The average molecular weight is 293 g/mol. The zero-order chi connectivity index (χ0) is 13.5. The number of thiophene rings is 1. The van der Waals surface area contributed by atoms with Gasteiger partial charge in [0.25, 0.3) is 10.0 Å². The number of rotatable bonds is 2. The molecule has 2 aromatic rings. The molecular formula is C14H15NO2S2. The Bertz CT molecular complexity index is 677. The van der Waals surface area contributed by atoms with Crippen LogP contribution in [0, 0.1) is 0 Å². The lowest BCUT2D eigenvalue weighted by Crippen LogP contribution is -2.38. The minimum Gasteiger partial charge on any atom is -0.206 e. The Labute approximate surface area is 117 Å². The first-order valence-corrected chi connectivity index (χ1v) is 8.56. The van der Waals surface area contributed by atoms with Gasteiger partial charge in [0.05, 0.1) is 0 Å². The zero-order valence-electron chi connectivity index (χ0n) is 10.6. The maximum atomic E-state index is 12.6. The largest absolute Gasteiger partial charge is 0.253 e. The lowest BCUT2D eigenvalue weighted by atomic mass is 9.96. The molecule has 1 aromatic heterocycles. The fourth-order valence-electron chi connectivity index (χ4n) is 2.60. The van der Waals surface area contributed by atoms with Gasteiger partial charge in [-0.15, -0.1) is 11.3 Å². The van der Waals surface area contributed by atoms with Crippen LogP contribution in [0.5, 0.6) is 0 Å². The highest BCUT2D eigenvalue weighted by Crippen LogP contribution is 2.34. The van der Waals surface area contributed by atoms with Gasteiger partial charge in [-0.3, -0.25) is 0 Å². The Hall–Kier alpha value is -1.17. The van der Waals surface area contributed by atoms with Crippen LogP contribution in [0.4, 0.5) is 0 Å². The quantitative estimate of drug-likeness (QED) is 0.853. The maximum absolute atomic E-state index is 12.6. The fraction of sp³-hybridized carbons (Fsp3) is 0.286. The molecule has 0 fully saturated rings. The first kappa shape index (κ1) is 12.8. The molecule has 0 amide bonds. The van der Waals surface area contributed by atoms with Crippen LogP contribution >= 0.6 is 11.3 Å². The summed E-state index contributed by atoms with van der Waals surface area (Å²) in [7, 11) is -3.36. The lowest BCUT2D eigenvalue weighted by Gasteiger charge is -2.33. The first-order valence-electron chi connectivity index (χ1n) is 6.24. The summed E-state index contributed by atoms with van der Waals surface area (Å²) in [6, 6.07) is 11.4. The predicted molar refractivity (Wildman–Crippen MR) is 76.8 cm³/mol. The summed E-state index contributed by atoms with van der Waals surface area (Å²) in [6.07, 6.45) is 0.783. The Kier molecular flexibility index (Phi) is 3.20. The number of nitrogens with zero attached hydrogens (tertiary/aromatic N) is 1. The van der Waals surface area contributed by atoms with E-state index in [-0.39, 0.29) is 6.04 Å². The third kappa shape index (κ3) is 2.12. The molecule has 1 unspecified atom stereocenters. The topological polar surface area (TPSA) is 37.4 Å². The second kappa shape index (κ2) is 4.74. The van der Waals surface area contributed by atoms with E-state index in [0.717, 1.165) is 12.0 Å². The van der Waals surface area contributed by atoms with Crippen molar-refractivity contribution in [3.63, 3.8) is 0 Å². The first-order chi connectivity index (χ1) is 9.10. The number of hydrogen-bond donors (Lipinski definition) is 0. The Morgan fingerprint density at radius 3 is 2.74 bits per heavy atom. The Morgan fingerprint density at radius 2 is 2.00 bits per heavy atom. The molecule has 0 saturated carbocycles. The number of sulfonamides is 1. The minimum absolute atomic E-state index is 0.1000. The summed E-state index contributed by atoms with van der Waals surface area (Å²) < 4.78 is 27.3. The van der Waals surface area contributed by atoms with Crippen LogP contribution in [0.1, 0.15) is 24.1 Å². The van der Waals surface area contributed by atoms with E-state index in [9.17, 15) is 8.42 Å². The van der Waals surface area contributed by atoms with Crippen molar-refractivity contribution in [2.45, 2.75) is 23.6 Å². The molecule has 100 valence electrons. The number of benzene rings is 1. The van der Waals surface area contributed by atoms with Gasteiger partial charge in [0, 0.05) is 12.6 Å². The summed E-state index contributed by atoms with van der Waals surface area (Å²) in [5, 5.41) is 1.80. The van der Waals surface area contributed by atoms with Crippen molar-refractivity contribution < 1.29 is 8.42 Å². The molecule has 3 rings (SSSR count). The van der Waals surface area contributed by atoms with Crippen LogP contribution in [-0.4, -0.2) is 19.3 Å². The molecule has 19 heavy (non-hydrogen) atoms. The predicted octanol–water partition coefficient (Wildman–Crippen LogP) is 3.06. The standard InChI is InChI=1S/C14H15NO2S2/c1-11-13-6-3-2-5-12(13)8-9-15(11)19(16,17)14-7-4-10-18-14/h2-7,10-11H,8-9H2,1H3. The van der Waals surface area contributed by atoms with Crippen molar-refractivity contribution in [1.29, 1.82) is 0 Å². The molecule has 0 bridgehead atoms.